The number of guanidine groups is 1. The van der Waals surface area contributed by atoms with Crippen molar-refractivity contribution in [2.75, 3.05) is 0 Å². The molecule has 0 saturated carbocycles. The molecule has 0 heterocycles. The fraction of sp³-hybridized carbons (Fsp3) is 0.167. The molecule has 2 aromatic rings. The third-order valence-corrected chi connectivity index (χ3v) is 3.00. The molecule has 0 aliphatic carbocycles. The van der Waals surface area contributed by atoms with E-state index in [-0.39, 0.29) is 0 Å². The molecule has 2 aromatic carbocycles. The first kappa shape index (κ1) is 14.7. The lowest BCUT2D eigenvalue weighted by atomic mass is 10.2. The molecule has 0 atom stereocenters. The van der Waals surface area contributed by atoms with Gasteiger partial charge in [0.1, 0.15) is 0 Å². The molecule has 0 saturated heterocycles. The molecule has 3 heteroatoms. The molecule has 0 spiro atoms. The van der Waals surface area contributed by atoms with Gasteiger partial charge in [0.15, 0.2) is 0 Å². The van der Waals surface area contributed by atoms with Crippen LogP contribution in [0, 0.1) is 17.4 Å². The minimum absolute atomic E-state index is 0.317. The van der Waals surface area contributed by atoms with Crippen LogP contribution in [0.2, 0.25) is 0 Å². The Hall–Kier alpha value is -2.73. The van der Waals surface area contributed by atoms with Gasteiger partial charge < -0.3 is 5.32 Å². The van der Waals surface area contributed by atoms with Crippen LogP contribution in [0.1, 0.15) is 18.1 Å². The summed E-state index contributed by atoms with van der Waals surface area (Å²) in [5.41, 5.74) is 2.28. The Bertz CT molecular complexity index is 624. The number of benzene rings is 2. The first-order valence-electron chi connectivity index (χ1n) is 6.90. The third-order valence-electron chi connectivity index (χ3n) is 3.00. The van der Waals surface area contributed by atoms with E-state index in [1.54, 1.807) is 11.8 Å². The highest BCUT2D eigenvalue weighted by Gasteiger charge is 2.07. The summed E-state index contributed by atoms with van der Waals surface area (Å²) >= 11 is 0. The minimum atomic E-state index is 0.317. The Kier molecular flexibility index (Phi) is 5.42. The predicted molar refractivity (Wildman–Crippen MR) is 86.4 cm³/mol. The number of rotatable bonds is 4. The van der Waals surface area contributed by atoms with Crippen LogP contribution in [0.25, 0.3) is 0 Å². The van der Waals surface area contributed by atoms with E-state index in [1.165, 1.54) is 0 Å². The fourth-order valence-electron chi connectivity index (χ4n) is 1.95. The second kappa shape index (κ2) is 7.76. The van der Waals surface area contributed by atoms with Gasteiger partial charge in [0.05, 0.1) is 6.54 Å². The van der Waals surface area contributed by atoms with Gasteiger partial charge in [0.25, 0.3) is 0 Å². The average molecular weight is 277 g/mol. The molecule has 0 aromatic heterocycles. The minimum Gasteiger partial charge on any atom is -0.352 e. The molecular weight excluding hydrogens is 258 g/mol. The van der Waals surface area contributed by atoms with Crippen LogP contribution >= 0.6 is 0 Å². The Labute approximate surface area is 126 Å². The summed E-state index contributed by atoms with van der Waals surface area (Å²) in [5, 5.41) is 11.3. The van der Waals surface area contributed by atoms with Crippen molar-refractivity contribution in [1.82, 2.24) is 10.2 Å². The maximum absolute atomic E-state index is 8.16. The van der Waals surface area contributed by atoms with E-state index in [0.29, 0.717) is 19.0 Å². The maximum atomic E-state index is 8.16. The van der Waals surface area contributed by atoms with Crippen LogP contribution in [0.15, 0.2) is 60.7 Å². The summed E-state index contributed by atoms with van der Waals surface area (Å²) < 4.78 is 0. The van der Waals surface area contributed by atoms with Crippen LogP contribution in [-0.4, -0.2) is 10.9 Å². The Balaban J connectivity index is 1.97. The van der Waals surface area contributed by atoms with E-state index in [2.05, 4.69) is 17.3 Å². The van der Waals surface area contributed by atoms with Gasteiger partial charge in [-0.25, -0.2) is 0 Å². The van der Waals surface area contributed by atoms with Crippen LogP contribution in [-0.2, 0) is 13.1 Å². The van der Waals surface area contributed by atoms with Crippen molar-refractivity contribution < 1.29 is 0 Å². The predicted octanol–water partition coefficient (Wildman–Crippen LogP) is 3.19. The van der Waals surface area contributed by atoms with E-state index in [4.69, 9.17) is 5.41 Å². The lowest BCUT2D eigenvalue weighted by Gasteiger charge is -2.19. The highest BCUT2D eigenvalue weighted by Crippen LogP contribution is 2.04. The highest BCUT2D eigenvalue weighted by molar-refractivity contribution is 5.78. The normalized spacial score (nSPS) is 9.38. The van der Waals surface area contributed by atoms with Crippen molar-refractivity contribution in [2.45, 2.75) is 20.0 Å². The Morgan fingerprint density at radius 1 is 1.00 bits per heavy atom. The largest absolute Gasteiger partial charge is 0.352 e. The molecule has 0 unspecified atom stereocenters. The average Bonchev–Trinajstić information content (AvgIpc) is 2.54. The van der Waals surface area contributed by atoms with Gasteiger partial charge in [0, 0.05) is 12.6 Å². The standard InChI is InChI=1S/C18H19N3/c1-2-13-21(15-17-11-7-4-8-12-17)18(19)20-14-16-9-5-3-6-10-16/h3-12H,14-15H2,1H3,(H2,19,20). The molecule has 0 amide bonds. The molecule has 0 bridgehead atoms. The van der Waals surface area contributed by atoms with Crippen LogP contribution < -0.4 is 5.32 Å². The molecule has 106 valence electrons. The van der Waals surface area contributed by atoms with E-state index < -0.39 is 0 Å². The van der Waals surface area contributed by atoms with Crippen LogP contribution in [0.4, 0.5) is 0 Å². The van der Waals surface area contributed by atoms with Gasteiger partial charge in [-0.1, -0.05) is 66.6 Å². The zero-order valence-electron chi connectivity index (χ0n) is 12.1. The van der Waals surface area contributed by atoms with Crippen molar-refractivity contribution in [3.8, 4) is 12.0 Å². The van der Waals surface area contributed by atoms with Crippen molar-refractivity contribution in [2.24, 2.45) is 0 Å². The quantitative estimate of drug-likeness (QED) is 0.390. The van der Waals surface area contributed by atoms with Crippen LogP contribution in [0.5, 0.6) is 0 Å². The molecule has 0 aliphatic heterocycles. The summed E-state index contributed by atoms with van der Waals surface area (Å²) in [7, 11) is 0. The summed E-state index contributed by atoms with van der Waals surface area (Å²) in [5.74, 6) is 3.18. The highest BCUT2D eigenvalue weighted by atomic mass is 15.3. The monoisotopic (exact) mass is 277 g/mol. The van der Waals surface area contributed by atoms with Gasteiger partial charge in [0.2, 0.25) is 5.96 Å². The van der Waals surface area contributed by atoms with Gasteiger partial charge in [-0.15, -0.1) is 0 Å². The SMILES string of the molecule is CC#CN(Cc1ccccc1)C(=N)NCc1ccccc1. The first-order valence-corrected chi connectivity index (χ1v) is 6.90. The Morgan fingerprint density at radius 3 is 2.14 bits per heavy atom. The second-order valence-corrected chi connectivity index (χ2v) is 4.62. The molecule has 0 fully saturated rings. The molecule has 3 nitrogen and oxygen atoms in total. The van der Waals surface area contributed by atoms with E-state index in [9.17, 15) is 0 Å². The smallest absolute Gasteiger partial charge is 0.203 e. The van der Waals surface area contributed by atoms with Crippen molar-refractivity contribution in [1.29, 1.82) is 5.41 Å². The molecular formula is C18H19N3. The van der Waals surface area contributed by atoms with Crippen molar-refractivity contribution >= 4 is 5.96 Å². The lowest BCUT2D eigenvalue weighted by molar-refractivity contribution is 0.546. The maximum Gasteiger partial charge on any atom is 0.203 e. The van der Waals surface area contributed by atoms with Crippen molar-refractivity contribution in [3.05, 3.63) is 71.8 Å². The van der Waals surface area contributed by atoms with Gasteiger partial charge in [-0.3, -0.25) is 10.3 Å². The van der Waals surface area contributed by atoms with Crippen LogP contribution in [0.3, 0.4) is 0 Å². The molecule has 2 N–H and O–H groups in total. The van der Waals surface area contributed by atoms with E-state index >= 15 is 0 Å². The summed E-state index contributed by atoms with van der Waals surface area (Å²) in [6.07, 6.45) is 0. The van der Waals surface area contributed by atoms with Crippen molar-refractivity contribution in [3.63, 3.8) is 0 Å². The summed E-state index contributed by atoms with van der Waals surface area (Å²) in [4.78, 5) is 1.72. The Morgan fingerprint density at radius 2 is 1.57 bits per heavy atom. The van der Waals surface area contributed by atoms with E-state index in [1.807, 2.05) is 60.7 Å². The fourth-order valence-corrected chi connectivity index (χ4v) is 1.95. The van der Waals surface area contributed by atoms with Gasteiger partial charge in [-0.2, -0.15) is 0 Å². The zero-order valence-corrected chi connectivity index (χ0v) is 12.1. The molecule has 21 heavy (non-hydrogen) atoms. The summed E-state index contributed by atoms with van der Waals surface area (Å²) in [6.45, 7) is 3.00. The second-order valence-electron chi connectivity index (χ2n) is 4.62. The third kappa shape index (κ3) is 4.70. The topological polar surface area (TPSA) is 39.1 Å². The first-order chi connectivity index (χ1) is 10.3. The molecule has 2 rings (SSSR count). The molecule has 0 radical (unpaired) electrons. The number of nitrogens with zero attached hydrogens (tertiary/aromatic N) is 1. The van der Waals surface area contributed by atoms with Gasteiger partial charge >= 0.3 is 0 Å². The van der Waals surface area contributed by atoms with Gasteiger partial charge in [-0.05, 0) is 18.1 Å². The van der Waals surface area contributed by atoms with E-state index in [0.717, 1.165) is 11.1 Å². The summed E-state index contributed by atoms with van der Waals surface area (Å²) in [6, 6.07) is 23.1. The number of hydrogen-bond donors (Lipinski definition) is 2. The lowest BCUT2D eigenvalue weighted by Crippen LogP contribution is -2.36. The zero-order chi connectivity index (χ0) is 14.9. The number of nitrogens with one attached hydrogen (secondary N) is 2. The number of hydrogen-bond acceptors (Lipinski definition) is 1. The molecule has 0 aliphatic rings.